The minimum Gasteiger partial charge on any atom is -0.497 e. The average molecular weight is 519 g/mol. The van der Waals surface area contributed by atoms with E-state index in [2.05, 4.69) is 9.88 Å². The molecule has 0 aliphatic carbocycles. The molecule has 4 rings (SSSR count). The third kappa shape index (κ3) is 6.23. The Bertz CT molecular complexity index is 1240. The number of sulfonamides is 1. The van der Waals surface area contributed by atoms with E-state index in [1.807, 2.05) is 48.5 Å². The van der Waals surface area contributed by atoms with Crippen LogP contribution in [0.2, 0.25) is 5.02 Å². The van der Waals surface area contributed by atoms with Gasteiger partial charge in [0.15, 0.2) is 5.03 Å². The smallest absolute Gasteiger partial charge is 0.262 e. The quantitative estimate of drug-likeness (QED) is 0.430. The predicted octanol–water partition coefficient (Wildman–Crippen LogP) is 3.65. The lowest BCUT2D eigenvalue weighted by molar-refractivity contribution is 0.00762. The number of hydrogen-bond acceptors (Lipinski definition) is 6. The highest BCUT2D eigenvalue weighted by atomic mass is 35.5. The van der Waals surface area contributed by atoms with E-state index in [1.165, 1.54) is 4.31 Å². The van der Waals surface area contributed by atoms with Gasteiger partial charge in [-0.05, 0) is 42.3 Å². The molecule has 1 saturated heterocycles. The number of piperazine rings is 1. The molecule has 1 fully saturated rings. The van der Waals surface area contributed by atoms with Crippen molar-refractivity contribution in [3.05, 3.63) is 76.7 Å². The van der Waals surface area contributed by atoms with Gasteiger partial charge >= 0.3 is 0 Å². The number of aromatic nitrogens is 2. The van der Waals surface area contributed by atoms with Crippen LogP contribution in [0.4, 0.5) is 0 Å². The summed E-state index contributed by atoms with van der Waals surface area (Å²) in [6.07, 6.45) is 1.35. The summed E-state index contributed by atoms with van der Waals surface area (Å²) < 4.78 is 41.1. The van der Waals surface area contributed by atoms with Crippen molar-refractivity contribution in [3.63, 3.8) is 0 Å². The zero-order valence-electron chi connectivity index (χ0n) is 20.2. The third-order valence-electron chi connectivity index (χ3n) is 6.25. The van der Waals surface area contributed by atoms with E-state index in [0.717, 1.165) is 16.9 Å². The van der Waals surface area contributed by atoms with Crippen LogP contribution in [0.25, 0.3) is 0 Å². The number of aryl methyl sites for hydroxylation is 2. The van der Waals surface area contributed by atoms with Gasteiger partial charge in [-0.1, -0.05) is 35.9 Å². The summed E-state index contributed by atoms with van der Waals surface area (Å²) in [5.41, 5.74) is 2.00. The third-order valence-corrected chi connectivity index (χ3v) is 8.26. The first-order valence-corrected chi connectivity index (χ1v) is 13.3. The Kier molecular flexibility index (Phi) is 8.13. The van der Waals surface area contributed by atoms with Crippen molar-refractivity contribution in [2.24, 2.45) is 7.05 Å². The van der Waals surface area contributed by atoms with Gasteiger partial charge in [-0.3, -0.25) is 4.90 Å². The fourth-order valence-corrected chi connectivity index (χ4v) is 5.75. The standard InChI is InChI=1S/C25H31ClN4O4S/c1-19-27-25(17-28(19)2)35(31,32)30-12-10-29(11-13-30)16-24(21-7-5-9-23(15-21)33-3)34-18-20-6-4-8-22(26)14-20/h4-9,14-15,17,24H,10-13,16,18H2,1-3H3/t24-/m1/s1. The first kappa shape index (κ1) is 25.7. The lowest BCUT2D eigenvalue weighted by atomic mass is 10.1. The van der Waals surface area contributed by atoms with Crippen molar-refractivity contribution < 1.29 is 17.9 Å². The summed E-state index contributed by atoms with van der Waals surface area (Å²) >= 11 is 6.14. The molecular formula is C25H31ClN4O4S. The molecule has 0 unspecified atom stereocenters. The molecule has 8 nitrogen and oxygen atoms in total. The van der Waals surface area contributed by atoms with Crippen molar-refractivity contribution in [1.29, 1.82) is 0 Å². The molecule has 0 radical (unpaired) electrons. The van der Waals surface area contributed by atoms with Gasteiger partial charge in [0.25, 0.3) is 10.0 Å². The normalized spacial score (nSPS) is 16.3. The van der Waals surface area contributed by atoms with Gasteiger partial charge in [-0.2, -0.15) is 4.31 Å². The second kappa shape index (κ2) is 11.1. The summed E-state index contributed by atoms with van der Waals surface area (Å²) in [7, 11) is -0.177. The highest BCUT2D eigenvalue weighted by Gasteiger charge is 2.31. The number of halogens is 1. The summed E-state index contributed by atoms with van der Waals surface area (Å²) in [6.45, 7) is 4.84. The minimum atomic E-state index is -3.61. The van der Waals surface area contributed by atoms with E-state index in [1.54, 1.807) is 31.8 Å². The molecule has 1 atom stereocenters. The molecule has 2 heterocycles. The fourth-order valence-electron chi connectivity index (χ4n) is 4.09. The molecule has 1 aliphatic heterocycles. The number of ether oxygens (including phenoxy) is 2. The number of methoxy groups -OCH3 is 1. The molecule has 0 bridgehead atoms. The van der Waals surface area contributed by atoms with Crippen molar-refractivity contribution in [1.82, 2.24) is 18.8 Å². The Morgan fingerprint density at radius 2 is 1.83 bits per heavy atom. The van der Waals surface area contributed by atoms with Crippen LogP contribution in [-0.2, 0) is 28.4 Å². The van der Waals surface area contributed by atoms with Crippen molar-refractivity contribution >= 4 is 21.6 Å². The first-order chi connectivity index (χ1) is 16.8. The number of nitrogens with zero attached hydrogens (tertiary/aromatic N) is 4. The molecule has 0 saturated carbocycles. The molecule has 10 heteroatoms. The monoisotopic (exact) mass is 518 g/mol. The molecule has 2 aromatic carbocycles. The van der Waals surface area contributed by atoms with Gasteiger partial charge in [-0.25, -0.2) is 13.4 Å². The molecular weight excluding hydrogens is 488 g/mol. The van der Waals surface area contributed by atoms with Crippen LogP contribution in [0.1, 0.15) is 23.1 Å². The SMILES string of the molecule is COc1cccc([C@@H](CN2CCN(S(=O)(=O)c3cn(C)c(C)n3)CC2)OCc2cccc(Cl)c2)c1. The molecule has 35 heavy (non-hydrogen) atoms. The maximum atomic E-state index is 13.0. The maximum absolute atomic E-state index is 13.0. The van der Waals surface area contributed by atoms with E-state index in [-0.39, 0.29) is 11.1 Å². The average Bonchev–Trinajstić information content (AvgIpc) is 3.21. The molecule has 188 valence electrons. The predicted molar refractivity (Wildman–Crippen MR) is 135 cm³/mol. The highest BCUT2D eigenvalue weighted by molar-refractivity contribution is 7.89. The van der Waals surface area contributed by atoms with Crippen LogP contribution in [0, 0.1) is 6.92 Å². The second-order valence-corrected chi connectivity index (χ2v) is 11.0. The number of imidazole rings is 1. The Labute approximate surface area is 212 Å². The topological polar surface area (TPSA) is 76.9 Å². The minimum absolute atomic E-state index is 0.102. The van der Waals surface area contributed by atoms with E-state index in [0.29, 0.717) is 50.2 Å². The number of hydrogen-bond donors (Lipinski definition) is 0. The Morgan fingerprint density at radius 1 is 1.09 bits per heavy atom. The summed E-state index contributed by atoms with van der Waals surface area (Å²) in [5, 5.41) is 0.773. The highest BCUT2D eigenvalue weighted by Crippen LogP contribution is 2.26. The van der Waals surface area contributed by atoms with Gasteiger partial charge in [-0.15, -0.1) is 0 Å². The van der Waals surface area contributed by atoms with Gasteiger partial charge in [0.1, 0.15) is 11.6 Å². The molecule has 1 aliphatic rings. The maximum Gasteiger partial charge on any atom is 0.262 e. The van der Waals surface area contributed by atoms with Crippen LogP contribution in [-0.4, -0.2) is 67.0 Å². The zero-order valence-corrected chi connectivity index (χ0v) is 21.8. The van der Waals surface area contributed by atoms with Gasteiger partial charge < -0.3 is 14.0 Å². The molecule has 3 aromatic rings. The Hall–Kier alpha value is -2.43. The molecule has 0 amide bonds. The Balaban J connectivity index is 1.44. The zero-order chi connectivity index (χ0) is 25.0. The van der Waals surface area contributed by atoms with Crippen LogP contribution in [0.15, 0.2) is 59.8 Å². The molecule has 1 aromatic heterocycles. The van der Waals surface area contributed by atoms with E-state index in [9.17, 15) is 8.42 Å². The van der Waals surface area contributed by atoms with Crippen LogP contribution in [0.5, 0.6) is 5.75 Å². The van der Waals surface area contributed by atoms with E-state index < -0.39 is 10.0 Å². The van der Waals surface area contributed by atoms with Crippen LogP contribution >= 0.6 is 11.6 Å². The first-order valence-electron chi connectivity index (χ1n) is 11.5. The van der Waals surface area contributed by atoms with E-state index in [4.69, 9.17) is 21.1 Å². The lowest BCUT2D eigenvalue weighted by Gasteiger charge is -2.35. The molecule has 0 N–H and O–H groups in total. The van der Waals surface area contributed by atoms with Crippen LogP contribution in [0.3, 0.4) is 0 Å². The summed E-state index contributed by atoms with van der Waals surface area (Å²) in [5.74, 6) is 1.43. The summed E-state index contributed by atoms with van der Waals surface area (Å²) in [6, 6.07) is 15.5. The van der Waals surface area contributed by atoms with Gasteiger partial charge in [0.05, 0.1) is 19.8 Å². The van der Waals surface area contributed by atoms with E-state index >= 15 is 0 Å². The van der Waals surface area contributed by atoms with Crippen LogP contribution < -0.4 is 4.74 Å². The number of benzene rings is 2. The van der Waals surface area contributed by atoms with Crippen molar-refractivity contribution in [2.45, 2.75) is 24.7 Å². The largest absolute Gasteiger partial charge is 0.497 e. The molecule has 0 spiro atoms. The van der Waals surface area contributed by atoms with Crippen molar-refractivity contribution in [3.8, 4) is 5.75 Å². The second-order valence-electron chi connectivity index (χ2n) is 8.65. The lowest BCUT2D eigenvalue weighted by Crippen LogP contribution is -2.49. The number of rotatable bonds is 9. The Morgan fingerprint density at radius 3 is 2.49 bits per heavy atom. The summed E-state index contributed by atoms with van der Waals surface area (Å²) in [4.78, 5) is 6.45. The fraction of sp³-hybridized carbons (Fsp3) is 0.400. The van der Waals surface area contributed by atoms with Gasteiger partial charge in [0.2, 0.25) is 0 Å². The van der Waals surface area contributed by atoms with Gasteiger partial charge in [0, 0.05) is 51.0 Å². The van der Waals surface area contributed by atoms with Crippen molar-refractivity contribution in [2.75, 3.05) is 39.8 Å².